The van der Waals surface area contributed by atoms with Crippen molar-refractivity contribution in [1.82, 2.24) is 5.32 Å². The molecular formula is C15H21N3OS. The van der Waals surface area contributed by atoms with Crippen LogP contribution in [-0.4, -0.2) is 29.5 Å². The molecule has 0 saturated carbocycles. The Bertz CT molecular complexity index is 542. The van der Waals surface area contributed by atoms with Crippen molar-refractivity contribution >= 4 is 28.6 Å². The molecule has 0 bridgehead atoms. The lowest BCUT2D eigenvalue weighted by molar-refractivity contribution is 0.249. The number of benzene rings is 1. The third kappa shape index (κ3) is 3.15. The van der Waals surface area contributed by atoms with Crippen LogP contribution in [0.25, 0.3) is 0 Å². The number of aliphatic imine (C=N–C) groups is 1. The normalized spacial score (nSPS) is 17.8. The summed E-state index contributed by atoms with van der Waals surface area (Å²) in [6.45, 7) is 9.54. The molecule has 20 heavy (non-hydrogen) atoms. The van der Waals surface area contributed by atoms with Gasteiger partial charge in [-0.3, -0.25) is 4.99 Å². The van der Waals surface area contributed by atoms with Gasteiger partial charge in [0.25, 0.3) is 0 Å². The fraction of sp³-hybridized carbons (Fsp3) is 0.467. The van der Waals surface area contributed by atoms with Gasteiger partial charge in [-0.2, -0.15) is 0 Å². The van der Waals surface area contributed by atoms with Crippen LogP contribution in [0.2, 0.25) is 0 Å². The fourth-order valence-corrected chi connectivity index (χ4v) is 2.95. The Morgan fingerprint density at radius 3 is 2.75 bits per heavy atom. The van der Waals surface area contributed by atoms with Crippen molar-refractivity contribution in [1.29, 1.82) is 0 Å². The lowest BCUT2D eigenvalue weighted by Gasteiger charge is -2.23. The Hall–Kier alpha value is -1.49. The monoisotopic (exact) mass is 291 g/mol. The highest BCUT2D eigenvalue weighted by atomic mass is 32.2. The summed E-state index contributed by atoms with van der Waals surface area (Å²) in [6, 6.07) is 5.94. The van der Waals surface area contributed by atoms with Gasteiger partial charge in [0, 0.05) is 11.8 Å². The fourth-order valence-electron chi connectivity index (χ4n) is 1.99. The van der Waals surface area contributed by atoms with Crippen LogP contribution < -0.4 is 10.2 Å². The molecule has 0 aliphatic carbocycles. The lowest BCUT2D eigenvalue weighted by Crippen LogP contribution is -2.42. The Labute approximate surface area is 124 Å². The van der Waals surface area contributed by atoms with Crippen molar-refractivity contribution < 1.29 is 4.79 Å². The number of carbonyl (C=O) groups excluding carboxylic acids is 1. The second-order valence-electron chi connectivity index (χ2n) is 4.99. The number of urea groups is 1. The van der Waals surface area contributed by atoms with Crippen LogP contribution in [0.1, 0.15) is 25.0 Å². The van der Waals surface area contributed by atoms with Crippen molar-refractivity contribution in [3.05, 3.63) is 29.3 Å². The highest BCUT2D eigenvalue weighted by molar-refractivity contribution is 8.15. The number of rotatable bonds is 2. The number of amides is 2. The van der Waals surface area contributed by atoms with Gasteiger partial charge in [0.15, 0.2) is 5.17 Å². The van der Waals surface area contributed by atoms with Crippen molar-refractivity contribution in [2.45, 2.75) is 32.9 Å². The molecule has 4 nitrogen and oxygen atoms in total. The van der Waals surface area contributed by atoms with Crippen LogP contribution in [0.4, 0.5) is 10.5 Å². The minimum absolute atomic E-state index is 0.115. The number of amidine groups is 1. The molecule has 0 spiro atoms. The minimum atomic E-state index is -0.115. The summed E-state index contributed by atoms with van der Waals surface area (Å²) >= 11 is 1.65. The van der Waals surface area contributed by atoms with Gasteiger partial charge in [-0.25, -0.2) is 9.69 Å². The topological polar surface area (TPSA) is 44.7 Å². The highest BCUT2D eigenvalue weighted by Gasteiger charge is 2.27. The average molecular weight is 291 g/mol. The summed E-state index contributed by atoms with van der Waals surface area (Å²) in [5, 5.41) is 4.07. The molecule has 5 heteroatoms. The summed E-state index contributed by atoms with van der Waals surface area (Å²) < 4.78 is 0. The van der Waals surface area contributed by atoms with Crippen LogP contribution in [-0.2, 0) is 0 Å². The third-order valence-corrected chi connectivity index (χ3v) is 4.34. The Morgan fingerprint density at radius 1 is 1.45 bits per heavy atom. The number of anilines is 1. The predicted molar refractivity (Wildman–Crippen MR) is 86.8 cm³/mol. The summed E-state index contributed by atoms with van der Waals surface area (Å²) in [6.07, 6.45) is 0. The predicted octanol–water partition coefficient (Wildman–Crippen LogP) is 3.33. The van der Waals surface area contributed by atoms with Crippen molar-refractivity contribution in [2.24, 2.45) is 4.99 Å². The molecular weight excluding hydrogens is 270 g/mol. The molecule has 1 aromatic rings. The van der Waals surface area contributed by atoms with Crippen LogP contribution in [0.15, 0.2) is 23.2 Å². The van der Waals surface area contributed by atoms with E-state index in [4.69, 9.17) is 0 Å². The second-order valence-corrected chi connectivity index (χ2v) is 6.40. The Morgan fingerprint density at radius 2 is 2.20 bits per heavy atom. The van der Waals surface area contributed by atoms with E-state index in [0.717, 1.165) is 17.4 Å². The standard InChI is InChI=1S/C15H21N3OS/c1-5-16-14(19)18(15-17-9-12(4)20-15)13-7-6-10(2)11(3)8-13/h6-8,12H,5,9H2,1-4H3,(H,16,19). The molecule has 0 radical (unpaired) electrons. The van der Waals surface area contributed by atoms with Gasteiger partial charge in [-0.15, -0.1) is 0 Å². The largest absolute Gasteiger partial charge is 0.338 e. The summed E-state index contributed by atoms with van der Waals surface area (Å²) in [5.41, 5.74) is 3.27. The Kier molecular flexibility index (Phi) is 4.70. The van der Waals surface area contributed by atoms with Gasteiger partial charge in [0.1, 0.15) is 0 Å². The Balaban J connectivity index is 2.35. The third-order valence-electron chi connectivity index (χ3n) is 3.26. The first-order valence-corrected chi connectivity index (χ1v) is 7.77. The summed E-state index contributed by atoms with van der Waals surface area (Å²) in [4.78, 5) is 18.5. The molecule has 1 unspecified atom stereocenters. The molecule has 2 amide bonds. The van der Waals surface area contributed by atoms with Gasteiger partial charge >= 0.3 is 6.03 Å². The molecule has 1 aliphatic rings. The number of nitrogens with zero attached hydrogens (tertiary/aromatic N) is 2. The summed E-state index contributed by atoms with van der Waals surface area (Å²) in [7, 11) is 0. The van der Waals surface area contributed by atoms with E-state index in [1.165, 1.54) is 11.1 Å². The first-order valence-electron chi connectivity index (χ1n) is 6.89. The molecule has 1 heterocycles. The molecule has 2 rings (SSSR count). The number of aryl methyl sites for hydroxylation is 2. The maximum absolute atomic E-state index is 12.4. The van der Waals surface area contributed by atoms with Crippen LogP contribution in [0.5, 0.6) is 0 Å². The maximum Gasteiger partial charge on any atom is 0.328 e. The second kappa shape index (κ2) is 6.31. The minimum Gasteiger partial charge on any atom is -0.338 e. The number of hydrogen-bond acceptors (Lipinski definition) is 3. The van der Waals surface area contributed by atoms with E-state index in [9.17, 15) is 4.79 Å². The smallest absolute Gasteiger partial charge is 0.328 e. The molecule has 1 aliphatic heterocycles. The number of hydrogen-bond donors (Lipinski definition) is 1. The van der Waals surface area contributed by atoms with E-state index in [-0.39, 0.29) is 6.03 Å². The number of nitrogens with one attached hydrogen (secondary N) is 1. The van der Waals surface area contributed by atoms with E-state index in [1.807, 2.05) is 25.1 Å². The molecule has 0 fully saturated rings. The van der Waals surface area contributed by atoms with E-state index in [2.05, 4.69) is 31.1 Å². The van der Waals surface area contributed by atoms with Gasteiger partial charge in [0.05, 0.1) is 12.2 Å². The highest BCUT2D eigenvalue weighted by Crippen LogP contribution is 2.28. The molecule has 1 N–H and O–H groups in total. The zero-order valence-corrected chi connectivity index (χ0v) is 13.3. The molecule has 1 atom stereocenters. The molecule has 1 aromatic carbocycles. The van der Waals surface area contributed by atoms with Crippen LogP contribution in [0, 0.1) is 13.8 Å². The van der Waals surface area contributed by atoms with Gasteiger partial charge in [-0.05, 0) is 44.0 Å². The number of thioether (sulfide) groups is 1. The quantitative estimate of drug-likeness (QED) is 0.908. The van der Waals surface area contributed by atoms with Gasteiger partial charge in [-0.1, -0.05) is 24.8 Å². The molecule has 0 saturated heterocycles. The van der Waals surface area contributed by atoms with Gasteiger partial charge < -0.3 is 5.32 Å². The molecule has 108 valence electrons. The SMILES string of the molecule is CCNC(=O)N(C1=NCC(C)S1)c1ccc(C)c(C)c1. The van der Waals surface area contributed by atoms with Crippen LogP contribution in [0.3, 0.4) is 0 Å². The first kappa shape index (κ1) is 14.9. The van der Waals surface area contributed by atoms with Crippen molar-refractivity contribution in [2.75, 3.05) is 18.0 Å². The van der Waals surface area contributed by atoms with Gasteiger partial charge in [0.2, 0.25) is 0 Å². The van der Waals surface area contributed by atoms with E-state index in [0.29, 0.717) is 11.8 Å². The zero-order valence-electron chi connectivity index (χ0n) is 12.4. The summed E-state index contributed by atoms with van der Waals surface area (Å²) in [5.74, 6) is 0. The van der Waals surface area contributed by atoms with E-state index < -0.39 is 0 Å². The first-order chi connectivity index (χ1) is 9.52. The molecule has 0 aromatic heterocycles. The number of carbonyl (C=O) groups is 1. The zero-order chi connectivity index (χ0) is 14.7. The van der Waals surface area contributed by atoms with Crippen LogP contribution >= 0.6 is 11.8 Å². The lowest BCUT2D eigenvalue weighted by atomic mass is 10.1. The van der Waals surface area contributed by atoms with E-state index in [1.54, 1.807) is 16.7 Å². The van der Waals surface area contributed by atoms with E-state index >= 15 is 0 Å². The van der Waals surface area contributed by atoms with Crippen molar-refractivity contribution in [3.63, 3.8) is 0 Å². The van der Waals surface area contributed by atoms with Crippen molar-refractivity contribution in [3.8, 4) is 0 Å². The average Bonchev–Trinajstić information content (AvgIpc) is 2.81. The maximum atomic E-state index is 12.4.